The van der Waals surface area contributed by atoms with Crippen LogP contribution in [0.3, 0.4) is 0 Å². The van der Waals surface area contributed by atoms with Crippen LogP contribution >= 0.6 is 0 Å². The lowest BCUT2D eigenvalue weighted by Gasteiger charge is -2.20. The molecular formula is C24H24N4O4S. The highest BCUT2D eigenvalue weighted by atomic mass is 32.2. The van der Waals surface area contributed by atoms with Gasteiger partial charge in [0.25, 0.3) is 10.0 Å². The molecule has 3 aromatic rings. The lowest BCUT2D eigenvalue weighted by Crippen LogP contribution is -2.24. The van der Waals surface area contributed by atoms with E-state index in [-0.39, 0.29) is 16.8 Å². The smallest absolute Gasteiger partial charge is 0.261 e. The number of hydrazone groups is 1. The van der Waals surface area contributed by atoms with Gasteiger partial charge in [-0.1, -0.05) is 24.3 Å². The molecule has 0 fully saturated rings. The number of hydrogen-bond acceptors (Lipinski definition) is 6. The van der Waals surface area contributed by atoms with Gasteiger partial charge in [-0.2, -0.15) is 5.10 Å². The van der Waals surface area contributed by atoms with Gasteiger partial charge in [0.1, 0.15) is 5.75 Å². The standard InChI is InChI=1S/C24H24N4O4S/c1-16(29)28-24(18-5-11-21(32-2)12-6-18)15-23(26-28)17-3-9-20(10-4-17)27-33(30,31)22-13-7-19(25)8-14-22/h3-14,24,27H,15,25H2,1-2H3. The zero-order valence-corrected chi connectivity index (χ0v) is 19.0. The van der Waals surface area contributed by atoms with Crippen LogP contribution in [-0.2, 0) is 14.8 Å². The Morgan fingerprint density at radius 3 is 2.24 bits per heavy atom. The van der Waals surface area contributed by atoms with Crippen molar-refractivity contribution < 1.29 is 17.9 Å². The number of sulfonamides is 1. The monoisotopic (exact) mass is 464 g/mol. The van der Waals surface area contributed by atoms with E-state index in [1.165, 1.54) is 36.2 Å². The molecule has 0 aromatic heterocycles. The van der Waals surface area contributed by atoms with Crippen molar-refractivity contribution in [3.63, 3.8) is 0 Å². The van der Waals surface area contributed by atoms with Crippen molar-refractivity contribution in [2.24, 2.45) is 5.10 Å². The maximum atomic E-state index is 12.6. The number of hydrogen-bond donors (Lipinski definition) is 2. The average Bonchev–Trinajstić information content (AvgIpc) is 3.25. The first-order valence-electron chi connectivity index (χ1n) is 10.3. The zero-order chi connectivity index (χ0) is 23.6. The van der Waals surface area contributed by atoms with Crippen LogP contribution in [0.2, 0.25) is 0 Å². The summed E-state index contributed by atoms with van der Waals surface area (Å²) >= 11 is 0. The lowest BCUT2D eigenvalue weighted by atomic mass is 9.98. The normalized spacial score (nSPS) is 15.8. The van der Waals surface area contributed by atoms with Crippen LogP contribution in [-0.4, -0.2) is 32.2 Å². The molecule has 0 saturated heterocycles. The number of ether oxygens (including phenoxy) is 1. The Morgan fingerprint density at radius 2 is 1.67 bits per heavy atom. The molecule has 1 amide bonds. The molecule has 170 valence electrons. The van der Waals surface area contributed by atoms with Gasteiger partial charge in [-0.15, -0.1) is 0 Å². The number of carbonyl (C=O) groups is 1. The quantitative estimate of drug-likeness (QED) is 0.539. The summed E-state index contributed by atoms with van der Waals surface area (Å²) in [5.41, 5.74) is 9.06. The second kappa shape index (κ2) is 8.95. The van der Waals surface area contributed by atoms with E-state index in [1.807, 2.05) is 24.3 Å². The SMILES string of the molecule is COc1ccc(C2CC(c3ccc(NS(=O)(=O)c4ccc(N)cc4)cc3)=NN2C(C)=O)cc1. The minimum absolute atomic E-state index is 0.125. The number of anilines is 2. The topological polar surface area (TPSA) is 114 Å². The summed E-state index contributed by atoms with van der Waals surface area (Å²) in [5, 5.41) is 6.02. The Bertz CT molecular complexity index is 1290. The van der Waals surface area contributed by atoms with Crippen LogP contribution in [0.4, 0.5) is 11.4 Å². The van der Waals surface area contributed by atoms with Gasteiger partial charge in [-0.3, -0.25) is 9.52 Å². The predicted octanol–water partition coefficient (Wildman–Crippen LogP) is 3.78. The third-order valence-corrected chi connectivity index (χ3v) is 6.79. The van der Waals surface area contributed by atoms with Crippen molar-refractivity contribution in [3.05, 3.63) is 83.9 Å². The molecule has 1 aliphatic rings. The van der Waals surface area contributed by atoms with Crippen LogP contribution in [0, 0.1) is 0 Å². The fourth-order valence-corrected chi connectivity index (χ4v) is 4.71. The van der Waals surface area contributed by atoms with E-state index in [4.69, 9.17) is 10.5 Å². The molecule has 33 heavy (non-hydrogen) atoms. The maximum absolute atomic E-state index is 12.6. The average molecular weight is 465 g/mol. The van der Waals surface area contributed by atoms with Gasteiger partial charge in [0, 0.05) is 24.7 Å². The first kappa shape index (κ1) is 22.3. The lowest BCUT2D eigenvalue weighted by molar-refractivity contribution is -0.130. The van der Waals surface area contributed by atoms with Crippen molar-refractivity contribution >= 4 is 33.0 Å². The van der Waals surface area contributed by atoms with E-state index >= 15 is 0 Å². The highest BCUT2D eigenvalue weighted by molar-refractivity contribution is 7.92. The molecule has 1 atom stereocenters. The van der Waals surface area contributed by atoms with E-state index in [0.29, 0.717) is 17.8 Å². The third kappa shape index (κ3) is 4.83. The summed E-state index contributed by atoms with van der Waals surface area (Å²) in [6.07, 6.45) is 0.544. The highest BCUT2D eigenvalue weighted by Crippen LogP contribution is 2.33. The summed E-state index contributed by atoms with van der Waals surface area (Å²) in [4.78, 5) is 12.3. The summed E-state index contributed by atoms with van der Waals surface area (Å²) in [6.45, 7) is 1.48. The second-order valence-corrected chi connectivity index (χ2v) is 9.34. The number of methoxy groups -OCH3 is 1. The second-order valence-electron chi connectivity index (χ2n) is 7.66. The number of benzene rings is 3. The Balaban J connectivity index is 1.52. The van der Waals surface area contributed by atoms with Crippen LogP contribution in [0.25, 0.3) is 0 Å². The van der Waals surface area contributed by atoms with Crippen molar-refractivity contribution in [1.29, 1.82) is 0 Å². The first-order valence-corrected chi connectivity index (χ1v) is 11.7. The summed E-state index contributed by atoms with van der Waals surface area (Å²) in [7, 11) is -2.13. The van der Waals surface area contributed by atoms with E-state index in [2.05, 4.69) is 9.82 Å². The van der Waals surface area contributed by atoms with Gasteiger partial charge in [0.2, 0.25) is 5.91 Å². The van der Waals surface area contributed by atoms with E-state index in [9.17, 15) is 13.2 Å². The Hall–Kier alpha value is -3.85. The van der Waals surface area contributed by atoms with Crippen molar-refractivity contribution in [1.82, 2.24) is 5.01 Å². The van der Waals surface area contributed by atoms with Crippen molar-refractivity contribution in [2.75, 3.05) is 17.6 Å². The molecule has 9 heteroatoms. The van der Waals surface area contributed by atoms with Gasteiger partial charge >= 0.3 is 0 Å². The summed E-state index contributed by atoms with van der Waals surface area (Å²) < 4.78 is 32.9. The number of nitrogen functional groups attached to an aromatic ring is 1. The molecule has 3 aromatic carbocycles. The molecule has 8 nitrogen and oxygen atoms in total. The summed E-state index contributed by atoms with van der Waals surface area (Å²) in [6, 6.07) is 20.2. The van der Waals surface area contributed by atoms with Crippen molar-refractivity contribution in [3.8, 4) is 5.75 Å². The number of nitrogens with two attached hydrogens (primary N) is 1. The van der Waals surface area contributed by atoms with E-state index in [1.54, 1.807) is 31.4 Å². The molecule has 0 bridgehead atoms. The Kier molecular flexibility index (Phi) is 6.06. The zero-order valence-electron chi connectivity index (χ0n) is 18.2. The Morgan fingerprint density at radius 1 is 1.03 bits per heavy atom. The van der Waals surface area contributed by atoms with Gasteiger partial charge < -0.3 is 10.5 Å². The first-order chi connectivity index (χ1) is 15.8. The molecular weight excluding hydrogens is 440 g/mol. The molecule has 0 aliphatic carbocycles. The van der Waals surface area contributed by atoms with Crippen LogP contribution in [0.15, 0.2) is 82.8 Å². The molecule has 0 spiro atoms. The predicted molar refractivity (Wildman–Crippen MR) is 128 cm³/mol. The van der Waals surface area contributed by atoms with Crippen molar-refractivity contribution in [2.45, 2.75) is 24.3 Å². The van der Waals surface area contributed by atoms with Crippen LogP contribution < -0.4 is 15.2 Å². The molecule has 1 heterocycles. The van der Waals surface area contributed by atoms with Gasteiger partial charge in [0.15, 0.2) is 0 Å². The van der Waals surface area contributed by atoms with Crippen LogP contribution in [0.1, 0.15) is 30.5 Å². The molecule has 0 radical (unpaired) electrons. The summed E-state index contributed by atoms with van der Waals surface area (Å²) in [5.74, 6) is 0.586. The molecule has 0 saturated carbocycles. The Labute approximate surface area is 192 Å². The molecule has 1 unspecified atom stereocenters. The number of amides is 1. The van der Waals surface area contributed by atoms with E-state index in [0.717, 1.165) is 22.6 Å². The fraction of sp³-hybridized carbons (Fsp3) is 0.167. The third-order valence-electron chi connectivity index (χ3n) is 5.39. The molecule has 1 aliphatic heterocycles. The molecule has 4 rings (SSSR count). The number of carbonyl (C=O) groups excluding carboxylic acids is 1. The minimum Gasteiger partial charge on any atom is -0.497 e. The fourth-order valence-electron chi connectivity index (χ4n) is 3.65. The number of nitrogens with one attached hydrogen (secondary N) is 1. The van der Waals surface area contributed by atoms with Gasteiger partial charge in [-0.25, -0.2) is 13.4 Å². The number of nitrogens with zero attached hydrogens (tertiary/aromatic N) is 2. The molecule has 3 N–H and O–H groups in total. The van der Waals surface area contributed by atoms with E-state index < -0.39 is 10.0 Å². The van der Waals surface area contributed by atoms with Gasteiger partial charge in [0.05, 0.1) is 23.8 Å². The number of rotatable bonds is 6. The highest BCUT2D eigenvalue weighted by Gasteiger charge is 2.31. The maximum Gasteiger partial charge on any atom is 0.261 e. The van der Waals surface area contributed by atoms with Crippen LogP contribution in [0.5, 0.6) is 5.75 Å². The largest absolute Gasteiger partial charge is 0.497 e. The van der Waals surface area contributed by atoms with Gasteiger partial charge in [-0.05, 0) is 59.7 Å². The minimum atomic E-state index is -3.73.